The van der Waals surface area contributed by atoms with Crippen LogP contribution in [-0.2, 0) is 4.79 Å². The number of nitrogens with one attached hydrogen (secondary N) is 1. The minimum absolute atomic E-state index is 0.0404. The molecule has 2 atom stereocenters. The van der Waals surface area contributed by atoms with Gasteiger partial charge in [-0.15, -0.1) is 0 Å². The molecule has 3 N–H and O–H groups in total. The number of aliphatic hydroxyl groups is 2. The van der Waals surface area contributed by atoms with Crippen LogP contribution in [0.5, 0.6) is 0 Å². The van der Waals surface area contributed by atoms with E-state index in [-0.39, 0.29) is 12.5 Å². The molecular formula is C27H55NO3. The summed E-state index contributed by atoms with van der Waals surface area (Å²) >= 11 is 0. The van der Waals surface area contributed by atoms with Crippen LogP contribution >= 0.6 is 0 Å². The molecule has 0 radical (unpaired) electrons. The first-order chi connectivity index (χ1) is 15.2. The minimum Gasteiger partial charge on any atom is -0.394 e. The number of hydrogen-bond acceptors (Lipinski definition) is 3. The Morgan fingerprint density at radius 2 is 1.03 bits per heavy atom. The van der Waals surface area contributed by atoms with E-state index in [2.05, 4.69) is 19.2 Å². The van der Waals surface area contributed by atoms with Crippen LogP contribution in [0.2, 0.25) is 0 Å². The number of amides is 1. The normalized spacial score (nSPS) is 13.3. The molecule has 0 fully saturated rings. The molecule has 31 heavy (non-hydrogen) atoms. The molecule has 0 aromatic heterocycles. The van der Waals surface area contributed by atoms with Crippen LogP contribution in [0, 0.1) is 0 Å². The molecule has 4 heteroatoms. The monoisotopic (exact) mass is 441 g/mol. The average molecular weight is 442 g/mol. The summed E-state index contributed by atoms with van der Waals surface area (Å²) in [4.78, 5) is 12.1. The van der Waals surface area contributed by atoms with Gasteiger partial charge in [-0.25, -0.2) is 0 Å². The average Bonchev–Trinajstić information content (AvgIpc) is 2.77. The summed E-state index contributed by atoms with van der Waals surface area (Å²) in [6.45, 7) is 4.29. The van der Waals surface area contributed by atoms with Crippen LogP contribution in [0.25, 0.3) is 0 Å². The van der Waals surface area contributed by atoms with Crippen molar-refractivity contribution in [2.75, 3.05) is 6.61 Å². The Morgan fingerprint density at radius 3 is 1.45 bits per heavy atom. The van der Waals surface area contributed by atoms with Crippen LogP contribution in [0.3, 0.4) is 0 Å². The van der Waals surface area contributed by atoms with Crippen molar-refractivity contribution >= 4 is 5.91 Å². The Balaban J connectivity index is 3.61. The largest absolute Gasteiger partial charge is 0.394 e. The summed E-state index contributed by atoms with van der Waals surface area (Å²) in [5.41, 5.74) is 0. The van der Waals surface area contributed by atoms with Gasteiger partial charge in [0.05, 0.1) is 18.8 Å². The van der Waals surface area contributed by atoms with Crippen LogP contribution in [0.1, 0.15) is 149 Å². The zero-order valence-electron chi connectivity index (χ0n) is 21.0. The molecule has 0 aliphatic carbocycles. The first-order valence-corrected chi connectivity index (χ1v) is 13.7. The van der Waals surface area contributed by atoms with Gasteiger partial charge in [-0.1, -0.05) is 129 Å². The van der Waals surface area contributed by atoms with E-state index in [0.717, 1.165) is 25.7 Å². The first kappa shape index (κ1) is 30.4. The van der Waals surface area contributed by atoms with Gasteiger partial charge in [-0.3, -0.25) is 4.79 Å². The Morgan fingerprint density at radius 1 is 0.645 bits per heavy atom. The zero-order valence-corrected chi connectivity index (χ0v) is 21.0. The molecule has 0 aliphatic heterocycles. The number of unbranched alkanes of at least 4 members (excludes halogenated alkanes) is 17. The van der Waals surface area contributed by atoms with Crippen LogP contribution in [0.15, 0.2) is 0 Å². The molecule has 0 heterocycles. The smallest absolute Gasteiger partial charge is 0.220 e. The van der Waals surface area contributed by atoms with E-state index in [1.807, 2.05) is 0 Å². The highest BCUT2D eigenvalue weighted by molar-refractivity contribution is 5.76. The molecular weight excluding hydrogens is 386 g/mol. The van der Waals surface area contributed by atoms with Gasteiger partial charge in [-0.2, -0.15) is 0 Å². The third-order valence-electron chi connectivity index (χ3n) is 6.37. The van der Waals surface area contributed by atoms with Crippen LogP contribution in [0.4, 0.5) is 0 Å². The van der Waals surface area contributed by atoms with Crippen molar-refractivity contribution < 1.29 is 15.0 Å². The van der Waals surface area contributed by atoms with Crippen molar-refractivity contribution in [2.24, 2.45) is 0 Å². The van der Waals surface area contributed by atoms with E-state index in [1.54, 1.807) is 0 Å². The Kier molecular flexibility index (Phi) is 23.6. The fourth-order valence-electron chi connectivity index (χ4n) is 4.18. The second-order valence-electron chi connectivity index (χ2n) is 9.47. The lowest BCUT2D eigenvalue weighted by atomic mass is 10.0. The molecule has 4 nitrogen and oxygen atoms in total. The fraction of sp³-hybridized carbons (Fsp3) is 0.963. The van der Waals surface area contributed by atoms with Crippen molar-refractivity contribution in [1.82, 2.24) is 5.32 Å². The Labute approximate surface area is 194 Å². The molecule has 0 bridgehead atoms. The minimum atomic E-state index is -0.647. The molecule has 0 aromatic carbocycles. The third kappa shape index (κ3) is 21.0. The number of hydrogen-bond donors (Lipinski definition) is 3. The van der Waals surface area contributed by atoms with E-state index < -0.39 is 12.1 Å². The zero-order chi connectivity index (χ0) is 23.0. The lowest BCUT2D eigenvalue weighted by Gasteiger charge is -2.22. The van der Waals surface area contributed by atoms with Gasteiger partial charge in [0.15, 0.2) is 0 Å². The maximum atomic E-state index is 12.1. The van der Waals surface area contributed by atoms with Crippen LogP contribution in [-0.4, -0.2) is 34.9 Å². The van der Waals surface area contributed by atoms with E-state index >= 15 is 0 Å². The topological polar surface area (TPSA) is 69.6 Å². The van der Waals surface area contributed by atoms with Crippen molar-refractivity contribution in [1.29, 1.82) is 0 Å². The van der Waals surface area contributed by atoms with Gasteiger partial charge in [-0.05, 0) is 12.8 Å². The van der Waals surface area contributed by atoms with Crippen molar-refractivity contribution in [3.63, 3.8) is 0 Å². The fourth-order valence-corrected chi connectivity index (χ4v) is 4.18. The predicted octanol–water partition coefficient (Wildman–Crippen LogP) is 7.06. The lowest BCUT2D eigenvalue weighted by molar-refractivity contribution is -0.123. The molecule has 2 unspecified atom stereocenters. The second kappa shape index (κ2) is 24.0. The molecule has 0 spiro atoms. The Bertz CT molecular complexity index is 375. The maximum Gasteiger partial charge on any atom is 0.220 e. The SMILES string of the molecule is CCCCCCCCCCCCCCC(O)C(CO)NC(=O)CCCCCCCCC. The molecule has 186 valence electrons. The van der Waals surface area contributed by atoms with Gasteiger partial charge >= 0.3 is 0 Å². The van der Waals surface area contributed by atoms with Gasteiger partial charge < -0.3 is 15.5 Å². The van der Waals surface area contributed by atoms with Crippen LogP contribution < -0.4 is 5.32 Å². The molecule has 0 aliphatic rings. The number of aliphatic hydroxyl groups excluding tert-OH is 2. The van der Waals surface area contributed by atoms with Gasteiger partial charge in [0.25, 0.3) is 0 Å². The van der Waals surface area contributed by atoms with Gasteiger partial charge in [0.2, 0.25) is 5.91 Å². The lowest BCUT2D eigenvalue weighted by Crippen LogP contribution is -2.45. The second-order valence-corrected chi connectivity index (χ2v) is 9.47. The van der Waals surface area contributed by atoms with Crippen molar-refractivity contribution in [2.45, 2.75) is 161 Å². The molecule has 0 saturated carbocycles. The third-order valence-corrected chi connectivity index (χ3v) is 6.37. The van der Waals surface area contributed by atoms with Gasteiger partial charge in [0, 0.05) is 6.42 Å². The highest BCUT2D eigenvalue weighted by Crippen LogP contribution is 2.14. The molecule has 0 saturated heterocycles. The first-order valence-electron chi connectivity index (χ1n) is 13.7. The summed E-state index contributed by atoms with van der Waals surface area (Å²) in [6, 6.07) is -0.523. The van der Waals surface area contributed by atoms with E-state index in [1.165, 1.54) is 96.3 Å². The van der Waals surface area contributed by atoms with E-state index in [0.29, 0.717) is 12.8 Å². The maximum absolute atomic E-state index is 12.1. The summed E-state index contributed by atoms with van der Waals surface area (Å²) in [7, 11) is 0. The highest BCUT2D eigenvalue weighted by atomic mass is 16.3. The standard InChI is InChI=1S/C27H55NO3/c1-3-5-7-9-11-12-13-14-15-17-18-20-22-26(30)25(24-29)28-27(31)23-21-19-16-10-8-6-4-2/h25-26,29-30H,3-24H2,1-2H3,(H,28,31). The number of carbonyl (C=O) groups excluding carboxylic acids is 1. The highest BCUT2D eigenvalue weighted by Gasteiger charge is 2.19. The summed E-state index contributed by atoms with van der Waals surface area (Å²) in [5, 5.41) is 22.7. The Hall–Kier alpha value is -0.610. The van der Waals surface area contributed by atoms with Gasteiger partial charge in [0.1, 0.15) is 0 Å². The number of rotatable bonds is 24. The summed E-state index contributed by atoms with van der Waals surface area (Å²) in [6.07, 6.45) is 24.3. The quantitative estimate of drug-likeness (QED) is 0.140. The molecule has 1 amide bonds. The van der Waals surface area contributed by atoms with E-state index in [4.69, 9.17) is 0 Å². The predicted molar refractivity (Wildman–Crippen MR) is 133 cm³/mol. The van der Waals surface area contributed by atoms with Crippen molar-refractivity contribution in [3.8, 4) is 0 Å². The molecule has 0 aromatic rings. The molecule has 0 rings (SSSR count). The number of carbonyl (C=O) groups is 1. The summed E-state index contributed by atoms with van der Waals surface area (Å²) in [5.74, 6) is -0.0404. The van der Waals surface area contributed by atoms with E-state index in [9.17, 15) is 15.0 Å². The summed E-state index contributed by atoms with van der Waals surface area (Å²) < 4.78 is 0. The van der Waals surface area contributed by atoms with Crippen molar-refractivity contribution in [3.05, 3.63) is 0 Å².